The molecule has 54 valence electrons. The van der Waals surface area contributed by atoms with Crippen molar-refractivity contribution < 1.29 is 5.11 Å². The van der Waals surface area contributed by atoms with Crippen LogP contribution in [0.4, 0.5) is 0 Å². The van der Waals surface area contributed by atoms with E-state index in [4.69, 9.17) is 5.11 Å². The quantitative estimate of drug-likeness (QED) is 0.499. The van der Waals surface area contributed by atoms with E-state index in [1.54, 1.807) is 0 Å². The molecule has 3 nitrogen and oxygen atoms in total. The number of hydrogen-bond acceptors (Lipinski definition) is 3. The number of aliphatic hydroxyl groups excluding tert-OH is 1. The van der Waals surface area contributed by atoms with E-state index >= 15 is 0 Å². The van der Waals surface area contributed by atoms with Gasteiger partial charge in [-0.15, -0.1) is 0 Å². The van der Waals surface area contributed by atoms with Crippen molar-refractivity contribution in [1.82, 2.24) is 10.2 Å². The second kappa shape index (κ2) is 3.15. The average molecular weight is 130 g/mol. The Kier molecular flexibility index (Phi) is 2.45. The van der Waals surface area contributed by atoms with Gasteiger partial charge in [0.05, 0.1) is 13.4 Å². The Balaban J connectivity index is 2.23. The van der Waals surface area contributed by atoms with Gasteiger partial charge in [0.1, 0.15) is 0 Å². The molecule has 2 N–H and O–H groups in total. The summed E-state index contributed by atoms with van der Waals surface area (Å²) in [6, 6.07) is 0. The van der Waals surface area contributed by atoms with E-state index in [9.17, 15) is 0 Å². The smallest absolute Gasteiger partial charge is 0.0966 e. The molecule has 0 saturated carbocycles. The van der Waals surface area contributed by atoms with Crippen molar-refractivity contribution in [1.29, 1.82) is 0 Å². The molecule has 0 aromatic rings. The predicted molar refractivity (Wildman–Crippen MR) is 35.8 cm³/mol. The van der Waals surface area contributed by atoms with Gasteiger partial charge in [0.15, 0.2) is 0 Å². The lowest BCUT2D eigenvalue weighted by Crippen LogP contribution is -2.46. The summed E-state index contributed by atoms with van der Waals surface area (Å²) in [4.78, 5) is 1.98. The molecular weight excluding hydrogens is 116 g/mol. The molecule has 0 bridgehead atoms. The largest absolute Gasteiger partial charge is 0.381 e. The summed E-state index contributed by atoms with van der Waals surface area (Å²) in [5, 5.41) is 11.9. The van der Waals surface area contributed by atoms with E-state index in [0.717, 1.165) is 19.8 Å². The third-order valence-electron chi connectivity index (χ3n) is 1.60. The van der Waals surface area contributed by atoms with E-state index in [0.29, 0.717) is 5.92 Å². The maximum Gasteiger partial charge on any atom is 0.0966 e. The molecule has 0 spiro atoms. The highest BCUT2D eigenvalue weighted by molar-refractivity contribution is 4.67. The lowest BCUT2D eigenvalue weighted by molar-refractivity contribution is 0.0651. The van der Waals surface area contributed by atoms with Gasteiger partial charge in [-0.1, -0.05) is 6.92 Å². The van der Waals surface area contributed by atoms with Crippen LogP contribution in [-0.2, 0) is 0 Å². The Morgan fingerprint density at radius 1 is 1.78 bits per heavy atom. The van der Waals surface area contributed by atoms with Gasteiger partial charge >= 0.3 is 0 Å². The van der Waals surface area contributed by atoms with Gasteiger partial charge < -0.3 is 10.4 Å². The third-order valence-corrected chi connectivity index (χ3v) is 1.60. The number of nitrogens with one attached hydrogen (secondary N) is 1. The molecule has 0 aliphatic carbocycles. The molecule has 1 aliphatic rings. The lowest BCUT2D eigenvalue weighted by atomic mass is 10.1. The van der Waals surface area contributed by atoms with Crippen molar-refractivity contribution in [2.45, 2.75) is 6.92 Å². The van der Waals surface area contributed by atoms with E-state index in [1.807, 2.05) is 4.90 Å². The van der Waals surface area contributed by atoms with Crippen LogP contribution < -0.4 is 5.32 Å². The first kappa shape index (κ1) is 6.99. The van der Waals surface area contributed by atoms with Crippen LogP contribution in [0.2, 0.25) is 0 Å². The summed E-state index contributed by atoms with van der Waals surface area (Å²) in [5.41, 5.74) is 0. The topological polar surface area (TPSA) is 35.5 Å². The first-order valence-corrected chi connectivity index (χ1v) is 3.37. The summed E-state index contributed by atoms with van der Waals surface area (Å²) in [6.07, 6.45) is 0. The van der Waals surface area contributed by atoms with Crippen molar-refractivity contribution in [2.24, 2.45) is 5.92 Å². The number of hydrogen-bond donors (Lipinski definition) is 2. The molecule has 0 aromatic carbocycles. The Hall–Kier alpha value is -0.120. The van der Waals surface area contributed by atoms with Gasteiger partial charge in [-0.25, -0.2) is 0 Å². The van der Waals surface area contributed by atoms with E-state index < -0.39 is 0 Å². The molecule has 9 heavy (non-hydrogen) atoms. The molecule has 0 aromatic heterocycles. The Morgan fingerprint density at radius 2 is 2.56 bits per heavy atom. The van der Waals surface area contributed by atoms with Crippen LogP contribution in [0, 0.1) is 5.92 Å². The van der Waals surface area contributed by atoms with E-state index in [1.165, 1.54) is 0 Å². The van der Waals surface area contributed by atoms with Crippen LogP contribution in [0.3, 0.4) is 0 Å². The molecule has 1 atom stereocenters. The minimum Gasteiger partial charge on any atom is -0.381 e. The van der Waals surface area contributed by atoms with Gasteiger partial charge in [0, 0.05) is 13.1 Å². The average Bonchev–Trinajstić information content (AvgIpc) is 1.88. The monoisotopic (exact) mass is 130 g/mol. The number of aliphatic hydroxyl groups is 1. The van der Waals surface area contributed by atoms with E-state index in [-0.39, 0.29) is 6.73 Å². The minimum absolute atomic E-state index is 0.178. The van der Waals surface area contributed by atoms with Crippen molar-refractivity contribution in [2.75, 3.05) is 26.5 Å². The zero-order chi connectivity index (χ0) is 6.69. The minimum atomic E-state index is 0.178. The van der Waals surface area contributed by atoms with Crippen LogP contribution in [-0.4, -0.2) is 36.5 Å². The second-order valence-corrected chi connectivity index (χ2v) is 2.71. The zero-order valence-corrected chi connectivity index (χ0v) is 5.80. The standard InChI is InChI=1S/C6H14N2O/c1-6-2-7-4-8(3-6)5-9/h6-7,9H,2-5H2,1H3. The molecule has 1 saturated heterocycles. The third kappa shape index (κ3) is 1.93. The summed E-state index contributed by atoms with van der Waals surface area (Å²) in [7, 11) is 0. The van der Waals surface area contributed by atoms with Crippen molar-refractivity contribution in [3.63, 3.8) is 0 Å². The zero-order valence-electron chi connectivity index (χ0n) is 5.80. The highest BCUT2D eigenvalue weighted by Crippen LogP contribution is 2.01. The Bertz CT molecular complexity index is 87.1. The fourth-order valence-electron chi connectivity index (χ4n) is 1.15. The maximum absolute atomic E-state index is 8.69. The summed E-state index contributed by atoms with van der Waals surface area (Å²) < 4.78 is 0. The van der Waals surface area contributed by atoms with Gasteiger partial charge in [-0.05, 0) is 5.92 Å². The molecule has 1 aliphatic heterocycles. The Labute approximate surface area is 55.7 Å². The highest BCUT2D eigenvalue weighted by atomic mass is 16.3. The van der Waals surface area contributed by atoms with Crippen LogP contribution >= 0.6 is 0 Å². The molecule has 1 heterocycles. The molecular formula is C6H14N2O. The van der Waals surface area contributed by atoms with Crippen LogP contribution in [0.25, 0.3) is 0 Å². The van der Waals surface area contributed by atoms with Gasteiger partial charge in [0.2, 0.25) is 0 Å². The van der Waals surface area contributed by atoms with Crippen LogP contribution in [0.5, 0.6) is 0 Å². The maximum atomic E-state index is 8.69. The molecule has 1 unspecified atom stereocenters. The first-order chi connectivity index (χ1) is 4.33. The number of rotatable bonds is 1. The van der Waals surface area contributed by atoms with E-state index in [2.05, 4.69) is 12.2 Å². The molecule has 3 heteroatoms. The fraction of sp³-hybridized carbons (Fsp3) is 1.00. The van der Waals surface area contributed by atoms with Crippen molar-refractivity contribution in [3.8, 4) is 0 Å². The normalized spacial score (nSPS) is 30.7. The highest BCUT2D eigenvalue weighted by Gasteiger charge is 2.13. The molecule has 0 amide bonds. The second-order valence-electron chi connectivity index (χ2n) is 2.71. The van der Waals surface area contributed by atoms with Crippen molar-refractivity contribution >= 4 is 0 Å². The molecule has 0 radical (unpaired) electrons. The van der Waals surface area contributed by atoms with Gasteiger partial charge in [-0.3, -0.25) is 4.90 Å². The Morgan fingerprint density at radius 3 is 3.00 bits per heavy atom. The SMILES string of the molecule is CC1CNCN(CO)C1. The molecule has 1 fully saturated rings. The lowest BCUT2D eigenvalue weighted by Gasteiger charge is -2.29. The fourth-order valence-corrected chi connectivity index (χ4v) is 1.15. The summed E-state index contributed by atoms with van der Waals surface area (Å²) >= 11 is 0. The summed E-state index contributed by atoms with van der Waals surface area (Å²) in [5.74, 6) is 0.672. The number of nitrogens with zero attached hydrogens (tertiary/aromatic N) is 1. The van der Waals surface area contributed by atoms with Crippen LogP contribution in [0.1, 0.15) is 6.92 Å². The predicted octanol–water partition coefficient (Wildman–Crippen LogP) is -0.565. The van der Waals surface area contributed by atoms with Gasteiger partial charge in [0.25, 0.3) is 0 Å². The summed E-state index contributed by atoms with van der Waals surface area (Å²) in [6.45, 7) is 5.28. The van der Waals surface area contributed by atoms with Crippen molar-refractivity contribution in [3.05, 3.63) is 0 Å². The van der Waals surface area contributed by atoms with Gasteiger partial charge in [-0.2, -0.15) is 0 Å². The van der Waals surface area contributed by atoms with Crippen LogP contribution in [0.15, 0.2) is 0 Å². The first-order valence-electron chi connectivity index (χ1n) is 3.37. The molecule has 1 rings (SSSR count).